The van der Waals surface area contributed by atoms with Crippen LogP contribution in [0.25, 0.3) is 0 Å². The Hall–Kier alpha value is -2.05. The van der Waals surface area contributed by atoms with Crippen LogP contribution in [-0.4, -0.2) is 27.3 Å². The zero-order chi connectivity index (χ0) is 18.8. The summed E-state index contributed by atoms with van der Waals surface area (Å²) in [5, 5.41) is 19.3. The summed E-state index contributed by atoms with van der Waals surface area (Å²) < 4.78 is 7.30. The van der Waals surface area contributed by atoms with E-state index in [0.29, 0.717) is 38.7 Å². The Balaban J connectivity index is 1.89. The molecule has 2 heterocycles. The Morgan fingerprint density at radius 2 is 2.23 bits per heavy atom. The third-order valence-electron chi connectivity index (χ3n) is 4.07. The molecule has 0 bridgehead atoms. The second-order valence-electron chi connectivity index (χ2n) is 6.37. The van der Waals surface area contributed by atoms with Gasteiger partial charge in [0.2, 0.25) is 0 Å². The predicted octanol–water partition coefficient (Wildman–Crippen LogP) is 3.72. The zero-order valence-corrected chi connectivity index (χ0v) is 16.6. The van der Waals surface area contributed by atoms with Crippen LogP contribution in [0.2, 0.25) is 0 Å². The smallest absolute Gasteiger partial charge is 0.348 e. The highest BCUT2D eigenvalue weighted by Crippen LogP contribution is 2.41. The fourth-order valence-electron chi connectivity index (χ4n) is 2.70. The molecule has 0 saturated heterocycles. The highest BCUT2D eigenvalue weighted by molar-refractivity contribution is 7.98. The zero-order valence-electron chi connectivity index (χ0n) is 15.0. The largest absolute Gasteiger partial charge is 0.462 e. The number of carbonyl (C=O) groups excluding carboxylic acids is 1. The maximum atomic E-state index is 12.2. The minimum absolute atomic E-state index is 0.277. The molecule has 2 aromatic rings. The van der Waals surface area contributed by atoms with Crippen molar-refractivity contribution in [3.8, 4) is 6.07 Å². The lowest BCUT2D eigenvalue weighted by molar-refractivity contribution is 0.0531. The number of thioether (sulfide) groups is 1. The number of nitrogens with two attached hydrogens (primary N) is 1. The third-order valence-corrected chi connectivity index (χ3v) is 6.08. The van der Waals surface area contributed by atoms with Gasteiger partial charge in [-0.25, -0.2) is 4.79 Å². The highest BCUT2D eigenvalue weighted by Gasteiger charge is 2.31. The molecule has 1 aliphatic carbocycles. The highest BCUT2D eigenvalue weighted by atomic mass is 32.2. The summed E-state index contributed by atoms with van der Waals surface area (Å²) in [6.07, 6.45) is 2.27. The van der Waals surface area contributed by atoms with Gasteiger partial charge in [-0.05, 0) is 19.8 Å². The molecule has 2 N–H and O–H groups in total. The van der Waals surface area contributed by atoms with Crippen molar-refractivity contribution in [1.29, 1.82) is 5.26 Å². The molecule has 2 aromatic heterocycles. The molecular formula is C17H21N5O2S2. The van der Waals surface area contributed by atoms with Gasteiger partial charge in [-0.1, -0.05) is 25.6 Å². The van der Waals surface area contributed by atoms with Crippen LogP contribution in [0.1, 0.15) is 72.2 Å². The van der Waals surface area contributed by atoms with Crippen LogP contribution < -0.4 is 5.73 Å². The van der Waals surface area contributed by atoms with Crippen LogP contribution in [0.15, 0.2) is 5.16 Å². The fraction of sp³-hybridized carbons (Fsp3) is 0.529. The van der Waals surface area contributed by atoms with E-state index in [9.17, 15) is 10.1 Å². The summed E-state index contributed by atoms with van der Waals surface area (Å²) in [7, 11) is 0. The van der Waals surface area contributed by atoms with Gasteiger partial charge in [0.1, 0.15) is 21.8 Å². The average molecular weight is 392 g/mol. The predicted molar refractivity (Wildman–Crippen MR) is 101 cm³/mol. The van der Waals surface area contributed by atoms with Crippen LogP contribution in [0.4, 0.5) is 5.00 Å². The van der Waals surface area contributed by atoms with Gasteiger partial charge in [0.25, 0.3) is 0 Å². The summed E-state index contributed by atoms with van der Waals surface area (Å²) in [6, 6.07) is 2.57. The van der Waals surface area contributed by atoms with Crippen LogP contribution in [0.3, 0.4) is 0 Å². The molecule has 0 spiro atoms. The maximum absolute atomic E-state index is 12.2. The van der Waals surface area contributed by atoms with Crippen molar-refractivity contribution in [3.05, 3.63) is 21.8 Å². The number of nitrogens with zero attached hydrogens (tertiary/aromatic N) is 4. The lowest BCUT2D eigenvalue weighted by atomic mass is 10.2. The molecular weight excluding hydrogens is 370 g/mol. The summed E-state index contributed by atoms with van der Waals surface area (Å²) in [5.41, 5.74) is 6.91. The van der Waals surface area contributed by atoms with Crippen molar-refractivity contribution in [2.75, 3.05) is 12.3 Å². The summed E-state index contributed by atoms with van der Waals surface area (Å²) in [5.74, 6) is 1.26. The molecule has 0 amide bonds. The standard InChI is InChI=1S/C17H21N5O2S2/c1-4-24-16(23)13-12(11(7-18)14(19)26-13)8-25-17-21-20-15(9(2)3)22(17)10-5-6-10/h9-10H,4-6,8,19H2,1-3H3. The third kappa shape index (κ3) is 3.57. The van der Waals surface area contributed by atoms with Crippen molar-refractivity contribution < 1.29 is 9.53 Å². The number of esters is 1. The number of thiophene rings is 1. The number of ether oxygens (including phenoxy) is 1. The average Bonchev–Trinajstić information content (AvgIpc) is 3.26. The molecule has 26 heavy (non-hydrogen) atoms. The van der Waals surface area contributed by atoms with Gasteiger partial charge >= 0.3 is 5.97 Å². The number of carbonyl (C=O) groups is 1. The molecule has 7 nitrogen and oxygen atoms in total. The van der Waals surface area contributed by atoms with Crippen LogP contribution >= 0.6 is 23.1 Å². The van der Waals surface area contributed by atoms with Crippen molar-refractivity contribution in [3.63, 3.8) is 0 Å². The number of nitriles is 1. The molecule has 0 aliphatic heterocycles. The van der Waals surface area contributed by atoms with E-state index in [4.69, 9.17) is 10.5 Å². The minimum Gasteiger partial charge on any atom is -0.462 e. The van der Waals surface area contributed by atoms with Gasteiger partial charge in [-0.3, -0.25) is 0 Å². The molecule has 1 fully saturated rings. The molecule has 3 rings (SSSR count). The van der Waals surface area contributed by atoms with E-state index in [-0.39, 0.29) is 6.61 Å². The van der Waals surface area contributed by atoms with E-state index in [1.807, 2.05) is 0 Å². The summed E-state index contributed by atoms with van der Waals surface area (Å²) in [6.45, 7) is 6.23. The molecule has 138 valence electrons. The summed E-state index contributed by atoms with van der Waals surface area (Å²) >= 11 is 2.59. The fourth-order valence-corrected chi connectivity index (χ4v) is 4.76. The van der Waals surface area contributed by atoms with Crippen molar-refractivity contribution in [1.82, 2.24) is 14.8 Å². The number of nitrogen functional groups attached to an aromatic ring is 1. The normalized spacial score (nSPS) is 13.8. The lowest BCUT2D eigenvalue weighted by Gasteiger charge is -2.11. The van der Waals surface area contributed by atoms with Gasteiger partial charge < -0.3 is 15.0 Å². The number of hydrogen-bond donors (Lipinski definition) is 1. The molecule has 1 saturated carbocycles. The first-order chi connectivity index (χ1) is 12.5. The van der Waals surface area contributed by atoms with Gasteiger partial charge in [0.05, 0.1) is 12.2 Å². The van der Waals surface area contributed by atoms with E-state index in [2.05, 4.69) is 34.7 Å². The molecule has 0 radical (unpaired) electrons. The summed E-state index contributed by atoms with van der Waals surface area (Å²) in [4.78, 5) is 12.6. The number of anilines is 1. The Kier molecular flexibility index (Phi) is 5.53. The minimum atomic E-state index is -0.437. The van der Waals surface area contributed by atoms with E-state index in [1.165, 1.54) is 11.8 Å². The van der Waals surface area contributed by atoms with E-state index >= 15 is 0 Å². The number of aromatic nitrogens is 3. The van der Waals surface area contributed by atoms with Crippen molar-refractivity contribution in [2.24, 2.45) is 0 Å². The van der Waals surface area contributed by atoms with Gasteiger partial charge in [-0.15, -0.1) is 21.5 Å². The molecule has 9 heteroatoms. The Bertz CT molecular complexity index is 861. The first kappa shape index (κ1) is 18.7. The van der Waals surface area contributed by atoms with Crippen LogP contribution in [-0.2, 0) is 10.5 Å². The Labute approximate surface area is 160 Å². The Morgan fingerprint density at radius 3 is 2.81 bits per heavy atom. The van der Waals surface area contributed by atoms with E-state index < -0.39 is 5.97 Å². The molecule has 0 unspecified atom stereocenters. The molecule has 0 atom stereocenters. The van der Waals surface area contributed by atoms with Crippen molar-refractivity contribution >= 4 is 34.1 Å². The first-order valence-electron chi connectivity index (χ1n) is 8.53. The van der Waals surface area contributed by atoms with Gasteiger partial charge in [0, 0.05) is 23.3 Å². The molecule has 0 aromatic carbocycles. The SMILES string of the molecule is CCOC(=O)c1sc(N)c(C#N)c1CSc1nnc(C(C)C)n1C1CC1. The van der Waals surface area contributed by atoms with E-state index in [0.717, 1.165) is 35.2 Å². The first-order valence-corrected chi connectivity index (χ1v) is 10.3. The second-order valence-corrected chi connectivity index (χ2v) is 8.36. The number of rotatable bonds is 7. The van der Waals surface area contributed by atoms with Crippen LogP contribution in [0, 0.1) is 11.3 Å². The Morgan fingerprint density at radius 1 is 1.50 bits per heavy atom. The van der Waals surface area contributed by atoms with Crippen molar-refractivity contribution in [2.45, 2.75) is 56.5 Å². The van der Waals surface area contributed by atoms with Gasteiger partial charge in [0.15, 0.2) is 5.16 Å². The molecule has 1 aliphatic rings. The lowest BCUT2D eigenvalue weighted by Crippen LogP contribution is -2.06. The number of hydrogen-bond acceptors (Lipinski definition) is 8. The topological polar surface area (TPSA) is 107 Å². The van der Waals surface area contributed by atoms with E-state index in [1.54, 1.807) is 6.92 Å². The second kappa shape index (κ2) is 7.68. The monoisotopic (exact) mass is 391 g/mol. The van der Waals surface area contributed by atoms with Crippen LogP contribution in [0.5, 0.6) is 0 Å². The quantitative estimate of drug-likeness (QED) is 0.566. The maximum Gasteiger partial charge on any atom is 0.348 e. The van der Waals surface area contributed by atoms with Gasteiger partial charge in [-0.2, -0.15) is 5.26 Å².